The van der Waals surface area contributed by atoms with Gasteiger partial charge in [-0.3, -0.25) is 0 Å². The van der Waals surface area contributed by atoms with Gasteiger partial charge in [-0.05, 0) is 30.5 Å². The largest absolute Gasteiger partial charge is 0.383 e. The summed E-state index contributed by atoms with van der Waals surface area (Å²) < 4.78 is 20.0. The van der Waals surface area contributed by atoms with Crippen molar-refractivity contribution in [3.05, 3.63) is 36.3 Å². The van der Waals surface area contributed by atoms with E-state index in [0.717, 1.165) is 23.0 Å². The fraction of sp³-hybridized carbons (Fsp3) is 0.308. The molecule has 0 radical (unpaired) electrons. The lowest BCUT2D eigenvalue weighted by Crippen LogP contribution is -2.03. The Morgan fingerprint density at radius 2 is 2.06 bits per heavy atom. The van der Waals surface area contributed by atoms with E-state index < -0.39 is 0 Å². The lowest BCUT2D eigenvalue weighted by molar-refractivity contribution is 0.185. The molecule has 0 fully saturated rings. The predicted molar refractivity (Wildman–Crippen MR) is 71.3 cm³/mol. The van der Waals surface area contributed by atoms with Crippen LogP contribution in [0.5, 0.6) is 0 Å². The minimum Gasteiger partial charge on any atom is -0.383 e. The van der Waals surface area contributed by atoms with Crippen LogP contribution in [0.4, 0.5) is 4.39 Å². The Kier molecular flexibility index (Phi) is 4.38. The number of aromatic nitrogens is 2. The number of hydrogen-bond donors (Lipinski definition) is 0. The standard InChI is InChI=1S/C13H15FN2OS/c1-17-8-7-16-9-12(15-13(16)18-2)10-3-5-11(14)6-4-10/h3-6,9H,7-8H2,1-2H3. The molecular weight excluding hydrogens is 251 g/mol. The molecule has 3 nitrogen and oxygen atoms in total. The maximum Gasteiger partial charge on any atom is 0.168 e. The Morgan fingerprint density at radius 3 is 2.67 bits per heavy atom. The van der Waals surface area contributed by atoms with E-state index in [2.05, 4.69) is 4.98 Å². The molecule has 0 bridgehead atoms. The van der Waals surface area contributed by atoms with Crippen molar-refractivity contribution < 1.29 is 9.13 Å². The molecule has 0 saturated heterocycles. The summed E-state index contributed by atoms with van der Waals surface area (Å²) in [5.74, 6) is -0.234. The topological polar surface area (TPSA) is 27.1 Å². The van der Waals surface area contributed by atoms with Crippen LogP contribution in [0, 0.1) is 5.82 Å². The number of ether oxygens (including phenoxy) is 1. The van der Waals surface area contributed by atoms with Crippen LogP contribution in [-0.4, -0.2) is 29.5 Å². The van der Waals surface area contributed by atoms with Gasteiger partial charge in [-0.25, -0.2) is 9.37 Å². The molecule has 0 aliphatic carbocycles. The van der Waals surface area contributed by atoms with Gasteiger partial charge in [0.1, 0.15) is 5.82 Å². The van der Waals surface area contributed by atoms with E-state index in [1.165, 1.54) is 12.1 Å². The van der Waals surface area contributed by atoms with E-state index in [1.54, 1.807) is 31.0 Å². The number of rotatable bonds is 5. The van der Waals surface area contributed by atoms with Crippen molar-refractivity contribution in [1.82, 2.24) is 9.55 Å². The highest BCUT2D eigenvalue weighted by Crippen LogP contribution is 2.23. The summed E-state index contributed by atoms with van der Waals surface area (Å²) in [6, 6.07) is 6.37. The highest BCUT2D eigenvalue weighted by atomic mass is 32.2. The zero-order valence-corrected chi connectivity index (χ0v) is 11.2. The van der Waals surface area contributed by atoms with Crippen LogP contribution in [0.15, 0.2) is 35.6 Å². The van der Waals surface area contributed by atoms with Crippen molar-refractivity contribution in [3.8, 4) is 11.3 Å². The number of thioether (sulfide) groups is 1. The highest BCUT2D eigenvalue weighted by molar-refractivity contribution is 7.98. The van der Waals surface area contributed by atoms with Crippen molar-refractivity contribution in [2.45, 2.75) is 11.7 Å². The molecule has 0 N–H and O–H groups in total. The zero-order chi connectivity index (χ0) is 13.0. The van der Waals surface area contributed by atoms with Gasteiger partial charge < -0.3 is 9.30 Å². The van der Waals surface area contributed by atoms with Crippen molar-refractivity contribution in [1.29, 1.82) is 0 Å². The monoisotopic (exact) mass is 266 g/mol. The van der Waals surface area contributed by atoms with Crippen LogP contribution in [0.3, 0.4) is 0 Å². The fourth-order valence-corrected chi connectivity index (χ4v) is 2.24. The lowest BCUT2D eigenvalue weighted by atomic mass is 10.2. The molecule has 1 aromatic carbocycles. The molecule has 0 aliphatic rings. The quantitative estimate of drug-likeness (QED) is 0.778. The van der Waals surface area contributed by atoms with Crippen LogP contribution < -0.4 is 0 Å². The number of imidazole rings is 1. The number of halogens is 1. The Labute approximate surface area is 110 Å². The van der Waals surface area contributed by atoms with E-state index in [4.69, 9.17) is 4.74 Å². The molecule has 0 unspecified atom stereocenters. The third-order valence-corrected chi connectivity index (χ3v) is 3.29. The summed E-state index contributed by atoms with van der Waals surface area (Å²) >= 11 is 1.59. The maximum absolute atomic E-state index is 12.9. The van der Waals surface area contributed by atoms with Gasteiger partial charge in [-0.2, -0.15) is 0 Å². The lowest BCUT2D eigenvalue weighted by Gasteiger charge is -2.03. The summed E-state index contributed by atoms with van der Waals surface area (Å²) in [5, 5.41) is 0.936. The number of benzene rings is 1. The summed E-state index contributed by atoms with van der Waals surface area (Å²) in [6.45, 7) is 1.41. The molecule has 0 saturated carbocycles. The second-order valence-electron chi connectivity index (χ2n) is 3.81. The molecule has 96 valence electrons. The second-order valence-corrected chi connectivity index (χ2v) is 4.58. The van der Waals surface area contributed by atoms with Gasteiger partial charge in [-0.15, -0.1) is 0 Å². The first-order valence-corrected chi connectivity index (χ1v) is 6.83. The van der Waals surface area contributed by atoms with E-state index >= 15 is 0 Å². The van der Waals surface area contributed by atoms with Crippen molar-refractivity contribution in [3.63, 3.8) is 0 Å². The summed E-state index contributed by atoms with van der Waals surface area (Å²) in [5.41, 5.74) is 1.78. The highest BCUT2D eigenvalue weighted by Gasteiger charge is 2.08. The Hall–Kier alpha value is -1.33. The minimum absolute atomic E-state index is 0.234. The summed E-state index contributed by atoms with van der Waals surface area (Å²) in [4.78, 5) is 4.53. The van der Waals surface area contributed by atoms with Crippen molar-refractivity contribution in [2.24, 2.45) is 0 Å². The molecule has 0 spiro atoms. The maximum atomic E-state index is 12.9. The van der Waals surface area contributed by atoms with Gasteiger partial charge >= 0.3 is 0 Å². The molecule has 0 amide bonds. The summed E-state index contributed by atoms with van der Waals surface area (Å²) in [7, 11) is 1.68. The number of methoxy groups -OCH3 is 1. The van der Waals surface area contributed by atoms with Gasteiger partial charge in [0, 0.05) is 25.4 Å². The van der Waals surface area contributed by atoms with Gasteiger partial charge in [0.2, 0.25) is 0 Å². The smallest absolute Gasteiger partial charge is 0.168 e. The van der Waals surface area contributed by atoms with Crippen molar-refractivity contribution in [2.75, 3.05) is 20.0 Å². The Balaban J connectivity index is 2.28. The average Bonchev–Trinajstić information content (AvgIpc) is 2.80. The molecule has 2 aromatic rings. The van der Waals surface area contributed by atoms with Crippen LogP contribution in [0.25, 0.3) is 11.3 Å². The first kappa shape index (κ1) is 13.1. The van der Waals surface area contributed by atoms with E-state index in [9.17, 15) is 4.39 Å². The molecule has 1 heterocycles. The van der Waals surface area contributed by atoms with Crippen LogP contribution in [-0.2, 0) is 11.3 Å². The van der Waals surface area contributed by atoms with E-state index in [1.807, 2.05) is 17.0 Å². The first-order valence-electron chi connectivity index (χ1n) is 5.60. The van der Waals surface area contributed by atoms with Crippen molar-refractivity contribution >= 4 is 11.8 Å². The Bertz CT molecular complexity index is 510. The number of hydrogen-bond acceptors (Lipinski definition) is 3. The van der Waals surface area contributed by atoms with Gasteiger partial charge in [-0.1, -0.05) is 11.8 Å². The van der Waals surface area contributed by atoms with Crippen LogP contribution in [0.2, 0.25) is 0 Å². The second kappa shape index (κ2) is 6.02. The molecule has 0 atom stereocenters. The normalized spacial score (nSPS) is 10.8. The fourth-order valence-electron chi connectivity index (χ4n) is 1.67. The number of nitrogens with zero attached hydrogens (tertiary/aromatic N) is 2. The summed E-state index contributed by atoms with van der Waals surface area (Å²) in [6.07, 6.45) is 3.96. The van der Waals surface area contributed by atoms with Gasteiger partial charge in [0.15, 0.2) is 5.16 Å². The minimum atomic E-state index is -0.234. The Morgan fingerprint density at radius 1 is 1.33 bits per heavy atom. The molecule has 0 aliphatic heterocycles. The van der Waals surface area contributed by atoms with E-state index in [0.29, 0.717) is 6.61 Å². The molecule has 1 aromatic heterocycles. The average molecular weight is 266 g/mol. The van der Waals surface area contributed by atoms with Crippen LogP contribution >= 0.6 is 11.8 Å². The zero-order valence-electron chi connectivity index (χ0n) is 10.4. The SMILES string of the molecule is COCCn1cc(-c2ccc(F)cc2)nc1SC. The van der Waals surface area contributed by atoms with Gasteiger partial charge in [0.05, 0.1) is 12.3 Å². The third-order valence-electron chi connectivity index (χ3n) is 2.60. The molecule has 5 heteroatoms. The molecule has 2 rings (SSSR count). The predicted octanol–water partition coefficient (Wildman–Crippen LogP) is 3.06. The molecular formula is C13H15FN2OS. The van der Waals surface area contributed by atoms with Crippen LogP contribution in [0.1, 0.15) is 0 Å². The third kappa shape index (κ3) is 2.91. The van der Waals surface area contributed by atoms with E-state index in [-0.39, 0.29) is 5.82 Å². The van der Waals surface area contributed by atoms with Gasteiger partial charge in [0.25, 0.3) is 0 Å². The first-order chi connectivity index (χ1) is 8.74. The molecule has 18 heavy (non-hydrogen) atoms.